The Morgan fingerprint density at radius 2 is 2.25 bits per heavy atom. The van der Waals surface area contributed by atoms with Crippen LogP contribution in [0.5, 0.6) is 0 Å². The molecule has 0 radical (unpaired) electrons. The van der Waals surface area contributed by atoms with Crippen LogP contribution in [0.25, 0.3) is 0 Å². The SMILES string of the molecule is C[C@@H](C1CC1)n1cc2c(n1)C[C@H]1CC[C@H]2N1. The topological polar surface area (TPSA) is 29.9 Å². The molecule has 3 aliphatic rings. The summed E-state index contributed by atoms with van der Waals surface area (Å²) < 4.78 is 2.24. The van der Waals surface area contributed by atoms with Crippen LogP contribution in [0.15, 0.2) is 6.20 Å². The van der Waals surface area contributed by atoms with E-state index in [0.29, 0.717) is 18.1 Å². The lowest BCUT2D eigenvalue weighted by Gasteiger charge is -2.19. The Morgan fingerprint density at radius 1 is 1.38 bits per heavy atom. The predicted molar refractivity (Wildman–Crippen MR) is 62.3 cm³/mol. The number of nitrogens with zero attached hydrogens (tertiary/aromatic N) is 2. The number of nitrogens with one attached hydrogen (secondary N) is 1. The quantitative estimate of drug-likeness (QED) is 0.823. The summed E-state index contributed by atoms with van der Waals surface area (Å²) in [7, 11) is 0. The van der Waals surface area contributed by atoms with E-state index in [1.807, 2.05) is 0 Å². The molecule has 2 bridgehead atoms. The molecule has 1 saturated heterocycles. The highest BCUT2D eigenvalue weighted by atomic mass is 15.3. The summed E-state index contributed by atoms with van der Waals surface area (Å²) in [6, 6.07) is 1.93. The number of aromatic nitrogens is 2. The third-order valence-corrected chi connectivity index (χ3v) is 4.62. The molecule has 0 aromatic carbocycles. The van der Waals surface area contributed by atoms with E-state index in [-0.39, 0.29) is 0 Å². The van der Waals surface area contributed by atoms with Gasteiger partial charge in [-0.05, 0) is 38.5 Å². The van der Waals surface area contributed by atoms with Gasteiger partial charge in [0.05, 0.1) is 11.7 Å². The van der Waals surface area contributed by atoms with Gasteiger partial charge in [-0.15, -0.1) is 0 Å². The van der Waals surface area contributed by atoms with Crippen molar-refractivity contribution in [2.75, 3.05) is 0 Å². The fourth-order valence-electron chi connectivity index (χ4n) is 3.35. The van der Waals surface area contributed by atoms with Crippen molar-refractivity contribution >= 4 is 0 Å². The van der Waals surface area contributed by atoms with E-state index in [1.165, 1.54) is 36.9 Å². The molecule has 1 aromatic rings. The molecular formula is C13H19N3. The van der Waals surface area contributed by atoms with Crippen molar-refractivity contribution < 1.29 is 0 Å². The van der Waals surface area contributed by atoms with Gasteiger partial charge < -0.3 is 5.32 Å². The molecule has 1 aliphatic carbocycles. The molecule has 1 aromatic heterocycles. The summed E-state index contributed by atoms with van der Waals surface area (Å²) in [5, 5.41) is 8.52. The van der Waals surface area contributed by atoms with Crippen LogP contribution in [0, 0.1) is 5.92 Å². The molecule has 16 heavy (non-hydrogen) atoms. The van der Waals surface area contributed by atoms with Crippen LogP contribution in [0.3, 0.4) is 0 Å². The molecule has 1 N–H and O–H groups in total. The van der Waals surface area contributed by atoms with Gasteiger partial charge in [0.1, 0.15) is 0 Å². The average Bonchev–Trinajstić information content (AvgIpc) is 2.93. The maximum absolute atomic E-state index is 4.83. The molecule has 0 amide bonds. The summed E-state index contributed by atoms with van der Waals surface area (Å²) in [6.07, 6.45) is 8.90. The van der Waals surface area contributed by atoms with E-state index in [2.05, 4.69) is 23.1 Å². The zero-order chi connectivity index (χ0) is 10.7. The van der Waals surface area contributed by atoms with Crippen LogP contribution in [-0.4, -0.2) is 15.8 Å². The lowest BCUT2D eigenvalue weighted by atomic mass is 10.0. The first-order valence-electron chi connectivity index (χ1n) is 6.65. The molecule has 3 heterocycles. The van der Waals surface area contributed by atoms with Gasteiger partial charge in [0.2, 0.25) is 0 Å². The van der Waals surface area contributed by atoms with E-state index in [4.69, 9.17) is 5.10 Å². The second-order valence-corrected chi connectivity index (χ2v) is 5.79. The third kappa shape index (κ3) is 1.27. The molecule has 4 rings (SSSR count). The van der Waals surface area contributed by atoms with Gasteiger partial charge in [0, 0.05) is 30.3 Å². The van der Waals surface area contributed by atoms with E-state index >= 15 is 0 Å². The summed E-state index contributed by atoms with van der Waals surface area (Å²) >= 11 is 0. The maximum atomic E-state index is 4.83. The molecular weight excluding hydrogens is 198 g/mol. The number of hydrogen-bond acceptors (Lipinski definition) is 2. The Kier molecular flexibility index (Phi) is 1.79. The molecule has 0 unspecified atom stereocenters. The first kappa shape index (κ1) is 9.23. The van der Waals surface area contributed by atoms with E-state index < -0.39 is 0 Å². The summed E-state index contributed by atoms with van der Waals surface area (Å²) in [5.41, 5.74) is 2.86. The van der Waals surface area contributed by atoms with Gasteiger partial charge >= 0.3 is 0 Å². The average molecular weight is 217 g/mol. The van der Waals surface area contributed by atoms with Crippen molar-refractivity contribution in [3.63, 3.8) is 0 Å². The smallest absolute Gasteiger partial charge is 0.0688 e. The fourth-order valence-corrected chi connectivity index (χ4v) is 3.35. The molecule has 0 spiro atoms. The van der Waals surface area contributed by atoms with Gasteiger partial charge in [0.15, 0.2) is 0 Å². The maximum Gasteiger partial charge on any atom is 0.0688 e. The van der Waals surface area contributed by atoms with Crippen molar-refractivity contribution in [1.29, 1.82) is 0 Å². The Labute approximate surface area is 96.2 Å². The molecule has 2 fully saturated rings. The predicted octanol–water partition coefficient (Wildman–Crippen LogP) is 2.20. The zero-order valence-electron chi connectivity index (χ0n) is 9.82. The molecule has 3 nitrogen and oxygen atoms in total. The van der Waals surface area contributed by atoms with Crippen molar-refractivity contribution in [2.24, 2.45) is 5.92 Å². The molecule has 86 valence electrons. The highest BCUT2D eigenvalue weighted by Crippen LogP contribution is 2.41. The minimum Gasteiger partial charge on any atom is -0.307 e. The second-order valence-electron chi connectivity index (χ2n) is 5.79. The number of hydrogen-bond donors (Lipinski definition) is 1. The Bertz CT molecular complexity index is 419. The Balaban J connectivity index is 1.69. The largest absolute Gasteiger partial charge is 0.307 e. The molecule has 1 saturated carbocycles. The fraction of sp³-hybridized carbons (Fsp3) is 0.769. The molecule has 3 atom stereocenters. The van der Waals surface area contributed by atoms with Gasteiger partial charge in [-0.3, -0.25) is 4.68 Å². The van der Waals surface area contributed by atoms with Gasteiger partial charge in [-0.2, -0.15) is 5.10 Å². The van der Waals surface area contributed by atoms with E-state index in [1.54, 1.807) is 0 Å². The van der Waals surface area contributed by atoms with Crippen molar-refractivity contribution in [1.82, 2.24) is 15.1 Å². The van der Waals surface area contributed by atoms with Gasteiger partial charge in [-0.25, -0.2) is 0 Å². The molecule has 2 aliphatic heterocycles. The van der Waals surface area contributed by atoms with E-state index in [9.17, 15) is 0 Å². The number of rotatable bonds is 2. The van der Waals surface area contributed by atoms with Crippen LogP contribution in [0.2, 0.25) is 0 Å². The summed E-state index contributed by atoms with van der Waals surface area (Å²) in [4.78, 5) is 0. The minimum absolute atomic E-state index is 0.605. The van der Waals surface area contributed by atoms with Crippen molar-refractivity contribution in [3.05, 3.63) is 17.5 Å². The number of fused-ring (bicyclic) bond motifs is 4. The van der Waals surface area contributed by atoms with Crippen LogP contribution in [0.4, 0.5) is 0 Å². The standard InChI is InChI=1S/C13H19N3/c1-8(9-2-3-9)16-7-11-12-5-4-10(14-12)6-13(11)15-16/h7-10,12,14H,2-6H2,1H3/t8-,10+,12+/m0/s1. The zero-order valence-corrected chi connectivity index (χ0v) is 9.82. The lowest BCUT2D eigenvalue weighted by Crippen LogP contribution is -2.31. The van der Waals surface area contributed by atoms with Gasteiger partial charge in [0.25, 0.3) is 0 Å². The lowest BCUT2D eigenvalue weighted by molar-refractivity contribution is 0.434. The highest BCUT2D eigenvalue weighted by molar-refractivity contribution is 5.28. The Hall–Kier alpha value is -0.830. The van der Waals surface area contributed by atoms with Crippen molar-refractivity contribution in [2.45, 2.75) is 57.2 Å². The van der Waals surface area contributed by atoms with Crippen molar-refractivity contribution in [3.8, 4) is 0 Å². The van der Waals surface area contributed by atoms with Gasteiger partial charge in [-0.1, -0.05) is 0 Å². The summed E-state index contributed by atoms with van der Waals surface area (Å²) in [6.45, 7) is 2.32. The normalized spacial score (nSPS) is 33.8. The second kappa shape index (κ2) is 3.10. The van der Waals surface area contributed by atoms with E-state index in [0.717, 1.165) is 12.3 Å². The highest BCUT2D eigenvalue weighted by Gasteiger charge is 2.36. The third-order valence-electron chi connectivity index (χ3n) is 4.62. The Morgan fingerprint density at radius 3 is 3.06 bits per heavy atom. The first-order valence-corrected chi connectivity index (χ1v) is 6.65. The van der Waals surface area contributed by atoms with Crippen LogP contribution < -0.4 is 5.32 Å². The summed E-state index contributed by atoms with van der Waals surface area (Å²) in [5.74, 6) is 0.895. The van der Waals surface area contributed by atoms with Crippen LogP contribution >= 0.6 is 0 Å². The monoisotopic (exact) mass is 217 g/mol. The first-order chi connectivity index (χ1) is 7.81. The molecule has 3 heteroatoms. The van der Waals surface area contributed by atoms with Crippen LogP contribution in [0.1, 0.15) is 55.9 Å². The minimum atomic E-state index is 0.605. The van der Waals surface area contributed by atoms with Crippen LogP contribution in [-0.2, 0) is 6.42 Å².